The average molecular weight is 320 g/mol. The van der Waals surface area contributed by atoms with Crippen molar-refractivity contribution in [2.75, 3.05) is 32.7 Å². The Morgan fingerprint density at radius 1 is 0.913 bits per heavy atom. The largest absolute Gasteiger partial charge is 0.303 e. The lowest BCUT2D eigenvalue weighted by molar-refractivity contribution is 0.206. The summed E-state index contributed by atoms with van der Waals surface area (Å²) in [5, 5.41) is 0. The molecule has 3 nitrogen and oxygen atoms in total. The molecule has 0 saturated heterocycles. The molecule has 0 aliphatic rings. The summed E-state index contributed by atoms with van der Waals surface area (Å²) in [4.78, 5) is 9.58. The van der Waals surface area contributed by atoms with E-state index in [9.17, 15) is 0 Å². The molecule has 0 bridgehead atoms. The van der Waals surface area contributed by atoms with E-state index in [0.717, 1.165) is 24.9 Å². The van der Waals surface area contributed by atoms with E-state index < -0.39 is 0 Å². The monoisotopic (exact) mass is 319 g/mol. The van der Waals surface area contributed by atoms with Crippen molar-refractivity contribution in [3.63, 3.8) is 0 Å². The van der Waals surface area contributed by atoms with Crippen LogP contribution < -0.4 is 0 Å². The van der Waals surface area contributed by atoms with Crippen LogP contribution in [0, 0.1) is 11.8 Å². The van der Waals surface area contributed by atoms with Crippen LogP contribution in [0.1, 0.15) is 53.2 Å². The zero-order chi connectivity index (χ0) is 17.1. The lowest BCUT2D eigenvalue weighted by atomic mass is 10.1. The Labute approximate surface area is 144 Å². The predicted molar refractivity (Wildman–Crippen MR) is 101 cm³/mol. The first kappa shape index (κ1) is 20.1. The van der Waals surface area contributed by atoms with Crippen LogP contribution in [0.3, 0.4) is 0 Å². The van der Waals surface area contributed by atoms with Gasteiger partial charge in [-0.15, -0.1) is 0 Å². The van der Waals surface area contributed by atoms with Crippen LogP contribution in [0.2, 0.25) is 0 Å². The maximum Gasteiger partial charge on any atom is 0.0543 e. The van der Waals surface area contributed by atoms with Gasteiger partial charge in [-0.3, -0.25) is 9.88 Å². The molecule has 3 heteroatoms. The van der Waals surface area contributed by atoms with Crippen molar-refractivity contribution >= 4 is 0 Å². The fourth-order valence-corrected chi connectivity index (χ4v) is 3.03. The van der Waals surface area contributed by atoms with Gasteiger partial charge in [0, 0.05) is 25.8 Å². The van der Waals surface area contributed by atoms with E-state index in [1.165, 1.54) is 44.7 Å². The Hall–Kier alpha value is -0.930. The summed E-state index contributed by atoms with van der Waals surface area (Å²) in [5.41, 5.74) is 1.18. The molecule has 1 aromatic rings. The highest BCUT2D eigenvalue weighted by molar-refractivity contribution is 5.03. The minimum atomic E-state index is 0.755. The lowest BCUT2D eigenvalue weighted by Crippen LogP contribution is -2.33. The highest BCUT2D eigenvalue weighted by atomic mass is 15.1. The van der Waals surface area contributed by atoms with Gasteiger partial charge in [0.15, 0.2) is 0 Å². The zero-order valence-electron chi connectivity index (χ0n) is 16.0. The first-order valence-electron chi connectivity index (χ1n) is 9.35. The van der Waals surface area contributed by atoms with Crippen molar-refractivity contribution in [3.05, 3.63) is 30.1 Å². The van der Waals surface area contributed by atoms with E-state index in [0.29, 0.717) is 0 Å². The quantitative estimate of drug-likeness (QED) is 0.536. The van der Waals surface area contributed by atoms with Gasteiger partial charge in [0.2, 0.25) is 0 Å². The molecule has 1 heterocycles. The molecule has 0 fully saturated rings. The summed E-state index contributed by atoms with van der Waals surface area (Å²) in [5.74, 6) is 1.51. The Morgan fingerprint density at radius 3 is 2.00 bits per heavy atom. The second-order valence-corrected chi connectivity index (χ2v) is 7.44. The van der Waals surface area contributed by atoms with E-state index >= 15 is 0 Å². The summed E-state index contributed by atoms with van der Waals surface area (Å²) in [6.07, 6.45) is 4.45. The van der Waals surface area contributed by atoms with Crippen LogP contribution in [0.25, 0.3) is 0 Å². The Kier molecular flexibility index (Phi) is 10.1. The fraction of sp³-hybridized carbons (Fsp3) is 0.750. The molecule has 0 N–H and O–H groups in total. The molecule has 132 valence electrons. The number of hydrogen-bond donors (Lipinski definition) is 0. The minimum absolute atomic E-state index is 0.755. The molecule has 0 aliphatic carbocycles. The lowest BCUT2D eigenvalue weighted by Gasteiger charge is -2.26. The molecule has 0 aliphatic heterocycles. The van der Waals surface area contributed by atoms with Crippen LogP contribution in [-0.2, 0) is 6.54 Å². The first-order chi connectivity index (χ1) is 11.0. The number of pyridine rings is 1. The molecule has 0 unspecified atom stereocenters. The van der Waals surface area contributed by atoms with Crippen molar-refractivity contribution in [1.82, 2.24) is 14.8 Å². The summed E-state index contributed by atoms with van der Waals surface area (Å²) in [7, 11) is 0. The van der Waals surface area contributed by atoms with Crippen LogP contribution in [0.5, 0.6) is 0 Å². The highest BCUT2D eigenvalue weighted by Gasteiger charge is 2.10. The van der Waals surface area contributed by atoms with Crippen LogP contribution in [0.4, 0.5) is 0 Å². The molecule has 23 heavy (non-hydrogen) atoms. The molecule has 0 atom stereocenters. The Morgan fingerprint density at radius 2 is 1.52 bits per heavy atom. The van der Waals surface area contributed by atoms with Crippen LogP contribution >= 0.6 is 0 Å². The number of nitrogens with zero attached hydrogens (tertiary/aromatic N) is 3. The standard InChI is InChI=1S/C20H37N3/c1-6-22(17-20-11-7-8-12-21-20)13-9-10-14-23(15-18(2)3)16-19(4)5/h7-8,11-12,18-19H,6,9-10,13-17H2,1-5H3. The van der Waals surface area contributed by atoms with Gasteiger partial charge in [0.25, 0.3) is 0 Å². The molecule has 1 rings (SSSR count). The van der Waals surface area contributed by atoms with Gasteiger partial charge >= 0.3 is 0 Å². The molecule has 0 saturated carbocycles. The third-order valence-electron chi connectivity index (χ3n) is 4.00. The van der Waals surface area contributed by atoms with Gasteiger partial charge in [-0.1, -0.05) is 40.7 Å². The first-order valence-corrected chi connectivity index (χ1v) is 9.35. The van der Waals surface area contributed by atoms with E-state index in [1.54, 1.807) is 0 Å². The number of unbranched alkanes of at least 4 members (excludes halogenated alkanes) is 1. The molecule has 0 aromatic carbocycles. The van der Waals surface area contributed by atoms with Crippen molar-refractivity contribution in [2.45, 2.75) is 54.0 Å². The molecule has 1 aromatic heterocycles. The molecule has 0 radical (unpaired) electrons. The third kappa shape index (κ3) is 9.72. The Bertz CT molecular complexity index is 379. The van der Waals surface area contributed by atoms with Crippen molar-refractivity contribution in [2.24, 2.45) is 11.8 Å². The second-order valence-electron chi connectivity index (χ2n) is 7.44. The molecule has 0 spiro atoms. The predicted octanol–water partition coefficient (Wildman–Crippen LogP) is 4.30. The third-order valence-corrected chi connectivity index (χ3v) is 4.00. The highest BCUT2D eigenvalue weighted by Crippen LogP contribution is 2.07. The van der Waals surface area contributed by atoms with Gasteiger partial charge in [-0.05, 0) is 56.4 Å². The minimum Gasteiger partial charge on any atom is -0.303 e. The molecular formula is C20H37N3. The summed E-state index contributed by atoms with van der Waals surface area (Å²) >= 11 is 0. The summed E-state index contributed by atoms with van der Waals surface area (Å²) in [6.45, 7) is 18.4. The molecular weight excluding hydrogens is 282 g/mol. The summed E-state index contributed by atoms with van der Waals surface area (Å²) < 4.78 is 0. The van der Waals surface area contributed by atoms with Gasteiger partial charge in [-0.2, -0.15) is 0 Å². The van der Waals surface area contributed by atoms with E-state index in [-0.39, 0.29) is 0 Å². The number of hydrogen-bond acceptors (Lipinski definition) is 3. The fourth-order valence-electron chi connectivity index (χ4n) is 3.03. The van der Waals surface area contributed by atoms with Crippen molar-refractivity contribution in [3.8, 4) is 0 Å². The maximum atomic E-state index is 4.44. The average Bonchev–Trinajstić information content (AvgIpc) is 2.50. The normalized spacial score (nSPS) is 12.0. The number of aromatic nitrogens is 1. The zero-order valence-corrected chi connectivity index (χ0v) is 16.0. The van der Waals surface area contributed by atoms with Crippen LogP contribution in [-0.4, -0.2) is 47.5 Å². The van der Waals surface area contributed by atoms with Gasteiger partial charge in [-0.25, -0.2) is 0 Å². The molecule has 0 amide bonds. The van der Waals surface area contributed by atoms with Crippen LogP contribution in [0.15, 0.2) is 24.4 Å². The van der Waals surface area contributed by atoms with Gasteiger partial charge < -0.3 is 4.90 Å². The van der Waals surface area contributed by atoms with E-state index in [1.807, 2.05) is 12.3 Å². The van der Waals surface area contributed by atoms with Gasteiger partial charge in [0.05, 0.1) is 5.69 Å². The SMILES string of the molecule is CCN(CCCCN(CC(C)C)CC(C)C)Cc1ccccn1. The van der Waals surface area contributed by atoms with E-state index in [2.05, 4.69) is 61.5 Å². The summed E-state index contributed by atoms with van der Waals surface area (Å²) in [6, 6.07) is 6.18. The smallest absolute Gasteiger partial charge is 0.0543 e. The van der Waals surface area contributed by atoms with Crippen molar-refractivity contribution in [1.29, 1.82) is 0 Å². The second kappa shape index (κ2) is 11.6. The van der Waals surface area contributed by atoms with Gasteiger partial charge in [0.1, 0.15) is 0 Å². The number of rotatable bonds is 12. The topological polar surface area (TPSA) is 19.4 Å². The van der Waals surface area contributed by atoms with Crippen molar-refractivity contribution < 1.29 is 0 Å². The van der Waals surface area contributed by atoms with E-state index in [4.69, 9.17) is 0 Å². The Balaban J connectivity index is 2.29. The maximum absolute atomic E-state index is 4.44.